The molecule has 28 heavy (non-hydrogen) atoms. The molecule has 3 atom stereocenters. The summed E-state index contributed by atoms with van der Waals surface area (Å²) in [6, 6.07) is 4.00. The Bertz CT molecular complexity index is 853. The van der Waals surface area contributed by atoms with Gasteiger partial charge in [0.15, 0.2) is 5.65 Å². The quantitative estimate of drug-likeness (QED) is 0.836. The molecule has 0 saturated heterocycles. The van der Waals surface area contributed by atoms with Gasteiger partial charge in [-0.25, -0.2) is 4.79 Å². The summed E-state index contributed by atoms with van der Waals surface area (Å²) in [5, 5.41) is 22.2. The molecule has 4 rings (SSSR count). The van der Waals surface area contributed by atoms with E-state index in [1.54, 1.807) is 0 Å². The molecule has 1 unspecified atom stereocenters. The van der Waals surface area contributed by atoms with Gasteiger partial charge in [-0.3, -0.25) is 4.40 Å². The van der Waals surface area contributed by atoms with Crippen molar-refractivity contribution >= 4 is 11.7 Å². The number of nitrogens with zero attached hydrogens (tertiary/aromatic N) is 3. The fraction of sp³-hybridized carbons (Fsp3) is 0.667. The summed E-state index contributed by atoms with van der Waals surface area (Å²) in [4.78, 5) is 12.1. The smallest absolute Gasteiger partial charge is 0.407 e. The summed E-state index contributed by atoms with van der Waals surface area (Å²) in [5.74, 6) is 1.56. The van der Waals surface area contributed by atoms with Crippen LogP contribution in [0, 0.1) is 5.92 Å². The van der Waals surface area contributed by atoms with E-state index in [0.717, 1.165) is 55.6 Å². The standard InChI is InChI=1S/C21H30N4O3/c1-21(2,3)28-20(27)22-16-6-4-5-15(11-16)19-24-23-17-12-14(9-10-25(17)19)18(26)13-7-8-13/h9-10,12-13,15-16,18,26H,4-8,11H2,1-3H3,(H,22,27)/t15-,16+,18?/m0/s1. The molecular formula is C21H30N4O3. The fourth-order valence-electron chi connectivity index (χ4n) is 4.10. The van der Waals surface area contributed by atoms with Crippen LogP contribution in [-0.2, 0) is 4.74 Å². The minimum absolute atomic E-state index is 0.0805. The lowest BCUT2D eigenvalue weighted by atomic mass is 9.85. The number of pyridine rings is 1. The number of hydrogen-bond donors (Lipinski definition) is 2. The largest absolute Gasteiger partial charge is 0.444 e. The van der Waals surface area contributed by atoms with Gasteiger partial charge in [-0.1, -0.05) is 6.42 Å². The highest BCUT2D eigenvalue weighted by Crippen LogP contribution is 2.41. The number of aromatic nitrogens is 3. The number of carbonyl (C=O) groups excluding carboxylic acids is 1. The van der Waals surface area contributed by atoms with Crippen molar-refractivity contribution in [2.45, 2.75) is 83.0 Å². The number of alkyl carbamates (subject to hydrolysis) is 1. The number of nitrogens with one attached hydrogen (secondary N) is 1. The van der Waals surface area contributed by atoms with Gasteiger partial charge in [-0.2, -0.15) is 0 Å². The van der Waals surface area contributed by atoms with E-state index in [0.29, 0.717) is 5.92 Å². The van der Waals surface area contributed by atoms with Gasteiger partial charge >= 0.3 is 6.09 Å². The number of amides is 1. The van der Waals surface area contributed by atoms with Crippen LogP contribution >= 0.6 is 0 Å². The number of aliphatic hydroxyl groups is 1. The molecule has 1 amide bonds. The maximum Gasteiger partial charge on any atom is 0.407 e. The number of rotatable bonds is 4. The Hall–Kier alpha value is -2.15. The monoisotopic (exact) mass is 386 g/mol. The van der Waals surface area contributed by atoms with Crippen molar-refractivity contribution in [3.8, 4) is 0 Å². The Morgan fingerprint density at radius 2 is 2.07 bits per heavy atom. The predicted octanol–water partition coefficient (Wildman–Crippen LogP) is 3.72. The Labute approximate surface area is 165 Å². The summed E-state index contributed by atoms with van der Waals surface area (Å²) in [7, 11) is 0. The molecule has 2 aromatic heterocycles. The number of fused-ring (bicyclic) bond motifs is 1. The first kappa shape index (κ1) is 19.2. The van der Waals surface area contributed by atoms with E-state index in [9.17, 15) is 9.90 Å². The highest BCUT2D eigenvalue weighted by atomic mass is 16.6. The molecule has 7 nitrogen and oxygen atoms in total. The van der Waals surface area contributed by atoms with Crippen LogP contribution in [0.5, 0.6) is 0 Å². The second-order valence-electron chi connectivity index (χ2n) is 9.24. The van der Waals surface area contributed by atoms with E-state index < -0.39 is 11.7 Å². The van der Waals surface area contributed by atoms with Gasteiger partial charge in [-0.15, -0.1) is 10.2 Å². The lowest BCUT2D eigenvalue weighted by Gasteiger charge is -2.30. The van der Waals surface area contributed by atoms with Gasteiger partial charge in [0.1, 0.15) is 11.4 Å². The zero-order valence-electron chi connectivity index (χ0n) is 16.9. The van der Waals surface area contributed by atoms with Gasteiger partial charge in [0.2, 0.25) is 0 Å². The summed E-state index contributed by atoms with van der Waals surface area (Å²) in [6.45, 7) is 5.60. The molecule has 0 aromatic carbocycles. The van der Waals surface area contributed by atoms with Crippen LogP contribution < -0.4 is 5.32 Å². The molecule has 2 heterocycles. The zero-order chi connectivity index (χ0) is 19.9. The van der Waals surface area contributed by atoms with Crippen LogP contribution in [0.15, 0.2) is 18.3 Å². The molecule has 2 fully saturated rings. The predicted molar refractivity (Wildman–Crippen MR) is 105 cm³/mol. The number of hydrogen-bond acceptors (Lipinski definition) is 5. The first-order valence-corrected chi connectivity index (χ1v) is 10.3. The molecule has 0 spiro atoms. The minimum Gasteiger partial charge on any atom is -0.444 e. The first-order chi connectivity index (χ1) is 13.3. The molecule has 0 bridgehead atoms. The highest BCUT2D eigenvalue weighted by molar-refractivity contribution is 5.68. The molecule has 0 aliphatic heterocycles. The van der Waals surface area contributed by atoms with E-state index in [-0.39, 0.29) is 18.1 Å². The van der Waals surface area contributed by atoms with E-state index in [2.05, 4.69) is 15.5 Å². The molecule has 2 aromatic rings. The van der Waals surface area contributed by atoms with E-state index in [1.807, 2.05) is 43.5 Å². The summed E-state index contributed by atoms with van der Waals surface area (Å²) < 4.78 is 7.41. The molecule has 2 aliphatic rings. The Kier molecular flexibility index (Phi) is 5.04. The average Bonchev–Trinajstić information content (AvgIpc) is 3.38. The molecule has 2 N–H and O–H groups in total. The van der Waals surface area contributed by atoms with Crippen molar-refractivity contribution in [3.05, 3.63) is 29.7 Å². The fourth-order valence-corrected chi connectivity index (χ4v) is 4.10. The molecule has 0 radical (unpaired) electrons. The number of carbonyl (C=O) groups is 1. The van der Waals surface area contributed by atoms with Crippen LogP contribution in [0.4, 0.5) is 4.79 Å². The van der Waals surface area contributed by atoms with Gasteiger partial charge < -0.3 is 15.2 Å². The molecule has 2 saturated carbocycles. The van der Waals surface area contributed by atoms with Crippen molar-refractivity contribution in [3.63, 3.8) is 0 Å². The Morgan fingerprint density at radius 1 is 1.29 bits per heavy atom. The first-order valence-electron chi connectivity index (χ1n) is 10.3. The average molecular weight is 386 g/mol. The zero-order valence-corrected chi connectivity index (χ0v) is 16.9. The molecule has 2 aliphatic carbocycles. The maximum absolute atomic E-state index is 12.1. The lowest BCUT2D eigenvalue weighted by Crippen LogP contribution is -2.41. The van der Waals surface area contributed by atoms with Crippen LogP contribution in [0.1, 0.15) is 82.7 Å². The summed E-state index contributed by atoms with van der Waals surface area (Å²) >= 11 is 0. The van der Waals surface area contributed by atoms with E-state index >= 15 is 0 Å². The maximum atomic E-state index is 12.1. The Balaban J connectivity index is 1.46. The van der Waals surface area contributed by atoms with Crippen LogP contribution in [0.25, 0.3) is 5.65 Å². The third-order valence-corrected chi connectivity index (χ3v) is 5.63. The van der Waals surface area contributed by atoms with E-state index in [4.69, 9.17) is 4.74 Å². The molecular weight excluding hydrogens is 356 g/mol. The third-order valence-electron chi connectivity index (χ3n) is 5.63. The normalized spacial score (nSPS) is 24.1. The van der Waals surface area contributed by atoms with E-state index in [1.165, 1.54) is 0 Å². The van der Waals surface area contributed by atoms with Crippen molar-refractivity contribution < 1.29 is 14.6 Å². The number of ether oxygens (including phenoxy) is 1. The van der Waals surface area contributed by atoms with Crippen LogP contribution in [0.2, 0.25) is 0 Å². The second kappa shape index (κ2) is 7.35. The number of aliphatic hydroxyl groups excluding tert-OH is 1. The molecule has 7 heteroatoms. The Morgan fingerprint density at radius 3 is 2.79 bits per heavy atom. The summed E-state index contributed by atoms with van der Waals surface area (Å²) in [6.07, 6.45) is 7.23. The topological polar surface area (TPSA) is 88.8 Å². The van der Waals surface area contributed by atoms with Gasteiger partial charge in [0, 0.05) is 18.2 Å². The minimum atomic E-state index is -0.496. The van der Waals surface area contributed by atoms with Gasteiger partial charge in [-0.05, 0) is 76.5 Å². The molecule has 152 valence electrons. The van der Waals surface area contributed by atoms with Gasteiger partial charge in [0.05, 0.1) is 6.10 Å². The second-order valence-corrected chi connectivity index (χ2v) is 9.24. The van der Waals surface area contributed by atoms with Crippen molar-refractivity contribution in [1.29, 1.82) is 0 Å². The highest BCUT2D eigenvalue weighted by Gasteiger charge is 2.32. The lowest BCUT2D eigenvalue weighted by molar-refractivity contribution is 0.0490. The van der Waals surface area contributed by atoms with Crippen LogP contribution in [0.3, 0.4) is 0 Å². The van der Waals surface area contributed by atoms with Gasteiger partial charge in [0.25, 0.3) is 0 Å². The summed E-state index contributed by atoms with van der Waals surface area (Å²) in [5.41, 5.74) is 1.20. The SMILES string of the molecule is CC(C)(C)OC(=O)N[C@@H]1CCC[C@H](c2nnc3cc(C(O)C4CC4)ccn23)C1. The third kappa shape index (κ3) is 4.29. The van der Waals surface area contributed by atoms with Crippen molar-refractivity contribution in [2.24, 2.45) is 5.92 Å². The van der Waals surface area contributed by atoms with Crippen LogP contribution in [-0.4, -0.2) is 37.4 Å². The van der Waals surface area contributed by atoms with Crippen molar-refractivity contribution in [1.82, 2.24) is 19.9 Å². The van der Waals surface area contributed by atoms with Crippen molar-refractivity contribution in [2.75, 3.05) is 0 Å².